The first kappa shape index (κ1) is 19.3. The molecule has 0 bridgehead atoms. The number of hydrogen-bond acceptors (Lipinski definition) is 6. The topological polar surface area (TPSA) is 107 Å². The Kier molecular flexibility index (Phi) is 5.26. The molecule has 2 aromatic rings. The van der Waals surface area contributed by atoms with Crippen molar-refractivity contribution in [3.63, 3.8) is 0 Å². The molecule has 0 saturated carbocycles. The second kappa shape index (κ2) is 7.64. The molecule has 3 rings (SSSR count). The van der Waals surface area contributed by atoms with Gasteiger partial charge in [-0.1, -0.05) is 24.3 Å². The summed E-state index contributed by atoms with van der Waals surface area (Å²) in [5, 5.41) is 21.8. The summed E-state index contributed by atoms with van der Waals surface area (Å²) in [6, 6.07) is 9.58. The molecule has 0 aromatic heterocycles. The summed E-state index contributed by atoms with van der Waals surface area (Å²) < 4.78 is 5.81. The van der Waals surface area contributed by atoms with E-state index in [1.807, 2.05) is 32.0 Å². The van der Waals surface area contributed by atoms with Crippen LogP contribution in [0.5, 0.6) is 11.5 Å². The molecule has 144 valence electrons. The Balaban J connectivity index is 2.12. The fourth-order valence-electron chi connectivity index (χ4n) is 3.27. The van der Waals surface area contributed by atoms with E-state index in [4.69, 9.17) is 4.74 Å². The number of carbonyl (C=O) groups is 2. The van der Waals surface area contributed by atoms with Crippen LogP contribution in [0.2, 0.25) is 0 Å². The zero-order chi connectivity index (χ0) is 20.4. The summed E-state index contributed by atoms with van der Waals surface area (Å²) in [5.74, 6) is -1.33. The van der Waals surface area contributed by atoms with Crippen molar-refractivity contribution in [2.75, 3.05) is 0 Å². The van der Waals surface area contributed by atoms with Crippen molar-refractivity contribution in [3.05, 3.63) is 74.5 Å². The molecule has 0 spiro atoms. The number of aliphatic hydroxyl groups is 1. The maximum absolute atomic E-state index is 12.9. The highest BCUT2D eigenvalue weighted by molar-refractivity contribution is 6.28. The lowest BCUT2D eigenvalue weighted by atomic mass is 9.90. The molecular weight excluding hydrogens is 362 g/mol. The number of para-hydroxylation sites is 2. The van der Waals surface area contributed by atoms with E-state index >= 15 is 0 Å². The molecule has 2 aromatic carbocycles. The Bertz CT molecular complexity index is 1000. The maximum atomic E-state index is 12.9. The zero-order valence-electron chi connectivity index (χ0n) is 15.5. The monoisotopic (exact) mass is 381 g/mol. The normalized spacial score (nSPS) is 14.1. The predicted octanol–water partition coefficient (Wildman–Crippen LogP) is 4.75. The summed E-state index contributed by atoms with van der Waals surface area (Å²) in [5.41, 5.74) is 0.376. The van der Waals surface area contributed by atoms with E-state index in [1.54, 1.807) is 0 Å². The number of allylic oxidation sites excluding steroid dienone is 2. The SMILES string of the molecule is Cc1cccc(C)c1Oc1cccc(C(=O)C2=C(O)CCCC2=O)c1[N+](=O)[O-]. The second-order valence-electron chi connectivity index (χ2n) is 6.66. The van der Waals surface area contributed by atoms with Crippen molar-refractivity contribution in [1.82, 2.24) is 0 Å². The molecule has 28 heavy (non-hydrogen) atoms. The third-order valence-electron chi connectivity index (χ3n) is 4.66. The van der Waals surface area contributed by atoms with E-state index < -0.39 is 22.2 Å². The van der Waals surface area contributed by atoms with E-state index in [0.717, 1.165) is 11.1 Å². The number of rotatable bonds is 5. The Morgan fingerprint density at radius 1 is 1.11 bits per heavy atom. The fraction of sp³-hybridized carbons (Fsp3) is 0.238. The highest BCUT2D eigenvalue weighted by atomic mass is 16.6. The summed E-state index contributed by atoms with van der Waals surface area (Å²) in [6.07, 6.45) is 0.760. The summed E-state index contributed by atoms with van der Waals surface area (Å²) in [6.45, 7) is 3.62. The number of ketones is 2. The Morgan fingerprint density at radius 3 is 2.36 bits per heavy atom. The quantitative estimate of drug-likeness (QED) is 0.347. The number of nitro benzene ring substituents is 1. The molecule has 1 aliphatic rings. The fourth-order valence-corrected chi connectivity index (χ4v) is 3.27. The van der Waals surface area contributed by atoms with Gasteiger partial charge in [-0.05, 0) is 43.5 Å². The standard InChI is InChI=1S/C21H19NO6/c1-12-6-3-7-13(2)21(12)28-17-11-4-8-14(19(17)22(26)27)20(25)18-15(23)9-5-10-16(18)24/h3-4,6-8,11,23H,5,9-10H2,1-2H3. The van der Waals surface area contributed by atoms with Gasteiger partial charge in [0.2, 0.25) is 11.5 Å². The van der Waals surface area contributed by atoms with E-state index in [2.05, 4.69) is 0 Å². The van der Waals surface area contributed by atoms with Gasteiger partial charge in [-0.25, -0.2) is 0 Å². The van der Waals surface area contributed by atoms with Gasteiger partial charge in [-0.2, -0.15) is 0 Å². The highest BCUT2D eigenvalue weighted by Gasteiger charge is 2.33. The Labute approximate surface area is 161 Å². The van der Waals surface area contributed by atoms with E-state index in [1.165, 1.54) is 18.2 Å². The third kappa shape index (κ3) is 3.51. The Hall–Kier alpha value is -3.48. The average molecular weight is 381 g/mol. The summed E-state index contributed by atoms with van der Waals surface area (Å²) in [7, 11) is 0. The first-order valence-electron chi connectivity index (χ1n) is 8.82. The van der Waals surface area contributed by atoms with Gasteiger partial charge in [0.05, 0.1) is 4.92 Å². The molecule has 0 unspecified atom stereocenters. The van der Waals surface area contributed by atoms with Crippen LogP contribution >= 0.6 is 0 Å². The lowest BCUT2D eigenvalue weighted by molar-refractivity contribution is -0.385. The molecule has 0 fully saturated rings. The van der Waals surface area contributed by atoms with E-state index in [-0.39, 0.29) is 35.5 Å². The van der Waals surface area contributed by atoms with Gasteiger partial charge in [-0.3, -0.25) is 19.7 Å². The molecule has 0 amide bonds. The average Bonchev–Trinajstić information content (AvgIpc) is 2.64. The molecule has 0 saturated heterocycles. The third-order valence-corrected chi connectivity index (χ3v) is 4.66. The van der Waals surface area contributed by atoms with Crippen molar-refractivity contribution in [2.24, 2.45) is 0 Å². The molecular formula is C21H19NO6. The number of carbonyl (C=O) groups excluding carboxylic acids is 2. The number of nitro groups is 1. The van der Waals surface area contributed by atoms with Gasteiger partial charge < -0.3 is 9.84 Å². The molecule has 7 nitrogen and oxygen atoms in total. The molecule has 0 radical (unpaired) electrons. The number of aryl methyl sites for hydroxylation is 2. The van der Waals surface area contributed by atoms with Crippen molar-refractivity contribution in [1.29, 1.82) is 0 Å². The van der Waals surface area contributed by atoms with Crippen LogP contribution in [0.4, 0.5) is 5.69 Å². The first-order valence-corrected chi connectivity index (χ1v) is 8.82. The zero-order valence-corrected chi connectivity index (χ0v) is 15.5. The first-order chi connectivity index (χ1) is 13.3. The van der Waals surface area contributed by atoms with Gasteiger partial charge in [0.15, 0.2) is 5.78 Å². The molecule has 7 heteroatoms. The molecule has 0 aliphatic heterocycles. The molecule has 1 aliphatic carbocycles. The lowest BCUT2D eigenvalue weighted by Gasteiger charge is -2.15. The van der Waals surface area contributed by atoms with Gasteiger partial charge >= 0.3 is 5.69 Å². The smallest absolute Gasteiger partial charge is 0.322 e. The lowest BCUT2D eigenvalue weighted by Crippen LogP contribution is -2.20. The molecule has 1 N–H and O–H groups in total. The van der Waals surface area contributed by atoms with Gasteiger partial charge in [-0.15, -0.1) is 0 Å². The van der Waals surface area contributed by atoms with Crippen LogP contribution in [0.15, 0.2) is 47.7 Å². The number of hydrogen-bond donors (Lipinski definition) is 1. The van der Waals surface area contributed by atoms with Gasteiger partial charge in [0.25, 0.3) is 0 Å². The second-order valence-corrected chi connectivity index (χ2v) is 6.66. The van der Waals surface area contributed by atoms with Gasteiger partial charge in [0.1, 0.15) is 22.6 Å². The maximum Gasteiger partial charge on any atom is 0.322 e. The van der Waals surface area contributed by atoms with Crippen molar-refractivity contribution >= 4 is 17.3 Å². The van der Waals surface area contributed by atoms with Crippen LogP contribution in [0.1, 0.15) is 40.7 Å². The van der Waals surface area contributed by atoms with E-state index in [0.29, 0.717) is 12.2 Å². The minimum atomic E-state index is -0.860. The van der Waals surface area contributed by atoms with Crippen LogP contribution in [0, 0.1) is 24.0 Å². The van der Waals surface area contributed by atoms with Crippen LogP contribution in [-0.2, 0) is 4.79 Å². The van der Waals surface area contributed by atoms with Crippen LogP contribution < -0.4 is 4.74 Å². The molecule has 0 heterocycles. The molecule has 0 atom stereocenters. The van der Waals surface area contributed by atoms with Crippen molar-refractivity contribution in [3.8, 4) is 11.5 Å². The van der Waals surface area contributed by atoms with Crippen LogP contribution in [0.25, 0.3) is 0 Å². The number of aliphatic hydroxyl groups excluding tert-OH is 1. The minimum absolute atomic E-state index is 0.100. The van der Waals surface area contributed by atoms with Crippen molar-refractivity contribution < 1.29 is 24.4 Å². The van der Waals surface area contributed by atoms with E-state index in [9.17, 15) is 24.8 Å². The largest absolute Gasteiger partial charge is 0.511 e. The predicted molar refractivity (Wildman–Crippen MR) is 102 cm³/mol. The summed E-state index contributed by atoms with van der Waals surface area (Å²) >= 11 is 0. The van der Waals surface area contributed by atoms with Crippen LogP contribution in [-0.4, -0.2) is 21.6 Å². The minimum Gasteiger partial charge on any atom is -0.511 e. The number of Topliss-reactive ketones (excluding diaryl/α,β-unsaturated/α-hetero) is 2. The van der Waals surface area contributed by atoms with Crippen molar-refractivity contribution in [2.45, 2.75) is 33.1 Å². The summed E-state index contributed by atoms with van der Waals surface area (Å²) in [4.78, 5) is 36.1. The Morgan fingerprint density at radius 2 is 1.75 bits per heavy atom. The number of nitrogens with zero attached hydrogens (tertiary/aromatic N) is 1. The van der Waals surface area contributed by atoms with Crippen LogP contribution in [0.3, 0.4) is 0 Å². The number of benzene rings is 2. The number of ether oxygens (including phenoxy) is 1. The highest BCUT2D eigenvalue weighted by Crippen LogP contribution is 2.38. The van der Waals surface area contributed by atoms with Gasteiger partial charge in [0, 0.05) is 12.8 Å².